The summed E-state index contributed by atoms with van der Waals surface area (Å²) < 4.78 is 33.9. The van der Waals surface area contributed by atoms with Gasteiger partial charge in [0.1, 0.15) is 9.84 Å². The fraction of sp³-hybridized carbons (Fsp3) is 0.600. The summed E-state index contributed by atoms with van der Waals surface area (Å²) in [5.41, 5.74) is 0. The first kappa shape index (κ1) is 16.1. The maximum atomic E-state index is 11.5. The van der Waals surface area contributed by atoms with Gasteiger partial charge in [-0.2, -0.15) is 0 Å². The van der Waals surface area contributed by atoms with Crippen LogP contribution < -0.4 is 9.47 Å². The Balaban J connectivity index is 1.94. The second-order valence-electron chi connectivity index (χ2n) is 5.39. The van der Waals surface area contributed by atoms with Crippen molar-refractivity contribution in [3.05, 3.63) is 24.3 Å². The number of aliphatic hydroxyl groups excluding tert-OH is 1. The van der Waals surface area contributed by atoms with Gasteiger partial charge in [0, 0.05) is 12.5 Å². The standard InChI is InChI=1S/C15H22O5S/c1-19-14-4-2-3-5-15(14)20-11-13(10-16)12-6-8-21(17,18)9-7-12/h2-5,12-13,16H,6-11H2,1H3. The van der Waals surface area contributed by atoms with Crippen molar-refractivity contribution < 1.29 is 23.0 Å². The molecular formula is C15H22O5S. The molecule has 1 aliphatic rings. The van der Waals surface area contributed by atoms with Gasteiger partial charge in [0.05, 0.1) is 25.2 Å². The van der Waals surface area contributed by atoms with Gasteiger partial charge in [-0.1, -0.05) is 12.1 Å². The number of methoxy groups -OCH3 is 1. The van der Waals surface area contributed by atoms with Crippen molar-refractivity contribution >= 4 is 9.84 Å². The zero-order chi connectivity index (χ0) is 15.3. The Labute approximate surface area is 125 Å². The summed E-state index contributed by atoms with van der Waals surface area (Å²) in [6.45, 7) is 0.363. The SMILES string of the molecule is COc1ccccc1OCC(CO)C1CCS(=O)(=O)CC1. The largest absolute Gasteiger partial charge is 0.493 e. The lowest BCUT2D eigenvalue weighted by Gasteiger charge is -2.29. The maximum Gasteiger partial charge on any atom is 0.161 e. The van der Waals surface area contributed by atoms with Crippen LogP contribution in [0.25, 0.3) is 0 Å². The molecule has 1 N–H and O–H groups in total. The van der Waals surface area contributed by atoms with Crippen molar-refractivity contribution in [3.8, 4) is 11.5 Å². The van der Waals surface area contributed by atoms with Gasteiger partial charge in [-0.3, -0.25) is 0 Å². The minimum atomic E-state index is -2.88. The smallest absolute Gasteiger partial charge is 0.161 e. The Kier molecular flexibility index (Phi) is 5.47. The first-order valence-corrected chi connectivity index (χ1v) is 8.95. The third kappa shape index (κ3) is 4.35. The molecule has 0 spiro atoms. The van der Waals surface area contributed by atoms with Gasteiger partial charge < -0.3 is 14.6 Å². The van der Waals surface area contributed by atoms with Crippen molar-refractivity contribution in [2.24, 2.45) is 11.8 Å². The number of rotatable bonds is 6. The second-order valence-corrected chi connectivity index (χ2v) is 7.70. The van der Waals surface area contributed by atoms with E-state index in [0.29, 0.717) is 30.9 Å². The van der Waals surface area contributed by atoms with E-state index >= 15 is 0 Å². The highest BCUT2D eigenvalue weighted by Gasteiger charge is 2.29. The highest BCUT2D eigenvalue weighted by Crippen LogP contribution is 2.30. The molecule has 0 amide bonds. The molecule has 1 aromatic rings. The lowest BCUT2D eigenvalue weighted by atomic mass is 9.88. The Hall–Kier alpha value is -1.27. The zero-order valence-corrected chi connectivity index (χ0v) is 13.0. The van der Waals surface area contributed by atoms with E-state index in [1.807, 2.05) is 24.3 Å². The lowest BCUT2D eigenvalue weighted by molar-refractivity contribution is 0.110. The molecule has 21 heavy (non-hydrogen) atoms. The molecule has 1 saturated heterocycles. The molecule has 0 aliphatic carbocycles. The normalized spacial score (nSPS) is 19.9. The van der Waals surface area contributed by atoms with E-state index in [9.17, 15) is 13.5 Å². The molecule has 5 nitrogen and oxygen atoms in total. The van der Waals surface area contributed by atoms with E-state index in [1.165, 1.54) is 0 Å². The number of hydrogen-bond donors (Lipinski definition) is 1. The summed E-state index contributed by atoms with van der Waals surface area (Å²) in [6, 6.07) is 7.36. The molecule has 0 saturated carbocycles. The molecular weight excluding hydrogens is 292 g/mol. The quantitative estimate of drug-likeness (QED) is 0.861. The highest BCUT2D eigenvalue weighted by molar-refractivity contribution is 7.91. The summed E-state index contributed by atoms with van der Waals surface area (Å²) in [4.78, 5) is 0. The summed E-state index contributed by atoms with van der Waals surface area (Å²) >= 11 is 0. The fourth-order valence-electron chi connectivity index (χ4n) is 2.65. The van der Waals surface area contributed by atoms with Crippen LogP contribution in [-0.4, -0.2) is 45.4 Å². The Morgan fingerprint density at radius 1 is 1.24 bits per heavy atom. The van der Waals surface area contributed by atoms with Crippen LogP contribution >= 0.6 is 0 Å². The van der Waals surface area contributed by atoms with Gasteiger partial charge in [0.2, 0.25) is 0 Å². The van der Waals surface area contributed by atoms with Crippen molar-refractivity contribution in [1.29, 1.82) is 0 Å². The van der Waals surface area contributed by atoms with Crippen LogP contribution in [0, 0.1) is 11.8 Å². The molecule has 1 fully saturated rings. The summed E-state index contributed by atoms with van der Waals surface area (Å²) in [6.07, 6.45) is 1.20. The van der Waals surface area contributed by atoms with E-state index in [-0.39, 0.29) is 29.9 Å². The van der Waals surface area contributed by atoms with E-state index in [2.05, 4.69) is 0 Å². The summed E-state index contributed by atoms with van der Waals surface area (Å²) in [5.74, 6) is 1.85. The molecule has 0 radical (unpaired) electrons. The third-order valence-electron chi connectivity index (χ3n) is 4.02. The van der Waals surface area contributed by atoms with Crippen molar-refractivity contribution in [3.63, 3.8) is 0 Å². The Morgan fingerprint density at radius 3 is 2.43 bits per heavy atom. The van der Waals surface area contributed by atoms with Gasteiger partial charge in [-0.15, -0.1) is 0 Å². The fourth-order valence-corrected chi connectivity index (χ4v) is 4.18. The number of hydrogen-bond acceptors (Lipinski definition) is 5. The summed E-state index contributed by atoms with van der Waals surface area (Å²) in [7, 11) is -1.30. The van der Waals surface area contributed by atoms with E-state index in [4.69, 9.17) is 9.47 Å². The molecule has 1 atom stereocenters. The number of benzene rings is 1. The molecule has 1 aliphatic heterocycles. The molecule has 118 valence electrons. The Morgan fingerprint density at radius 2 is 1.86 bits per heavy atom. The van der Waals surface area contributed by atoms with Gasteiger partial charge in [0.25, 0.3) is 0 Å². The van der Waals surface area contributed by atoms with Gasteiger partial charge in [-0.25, -0.2) is 8.42 Å². The first-order chi connectivity index (χ1) is 10.1. The van der Waals surface area contributed by atoms with Crippen molar-refractivity contribution in [2.75, 3.05) is 31.8 Å². The highest BCUT2D eigenvalue weighted by atomic mass is 32.2. The average Bonchev–Trinajstić information content (AvgIpc) is 2.49. The lowest BCUT2D eigenvalue weighted by Crippen LogP contribution is -2.32. The monoisotopic (exact) mass is 314 g/mol. The molecule has 0 aromatic heterocycles. The third-order valence-corrected chi connectivity index (χ3v) is 5.74. The Bertz CT molecular complexity index is 541. The second kappa shape index (κ2) is 7.13. The van der Waals surface area contributed by atoms with Crippen LogP contribution in [0.1, 0.15) is 12.8 Å². The minimum absolute atomic E-state index is 0.000136. The molecule has 6 heteroatoms. The molecule has 2 rings (SSSR count). The first-order valence-electron chi connectivity index (χ1n) is 7.13. The number of para-hydroxylation sites is 2. The molecule has 1 aromatic carbocycles. The van der Waals surface area contributed by atoms with Crippen LogP contribution in [0.3, 0.4) is 0 Å². The molecule has 1 unspecified atom stereocenters. The van der Waals surface area contributed by atoms with Crippen LogP contribution in [-0.2, 0) is 9.84 Å². The predicted molar refractivity (Wildman–Crippen MR) is 80.4 cm³/mol. The number of ether oxygens (including phenoxy) is 2. The number of sulfone groups is 1. The minimum Gasteiger partial charge on any atom is -0.493 e. The van der Waals surface area contributed by atoms with Crippen LogP contribution in [0.15, 0.2) is 24.3 Å². The van der Waals surface area contributed by atoms with E-state index < -0.39 is 9.84 Å². The van der Waals surface area contributed by atoms with Gasteiger partial charge >= 0.3 is 0 Å². The van der Waals surface area contributed by atoms with Crippen LogP contribution in [0.4, 0.5) is 0 Å². The van der Waals surface area contributed by atoms with Crippen LogP contribution in [0.2, 0.25) is 0 Å². The number of aliphatic hydroxyl groups is 1. The van der Waals surface area contributed by atoms with Gasteiger partial charge in [-0.05, 0) is 30.9 Å². The topological polar surface area (TPSA) is 72.8 Å². The van der Waals surface area contributed by atoms with E-state index in [0.717, 1.165) is 0 Å². The van der Waals surface area contributed by atoms with E-state index in [1.54, 1.807) is 7.11 Å². The summed E-state index contributed by atoms with van der Waals surface area (Å²) in [5, 5.41) is 9.55. The average molecular weight is 314 g/mol. The predicted octanol–water partition coefficient (Wildman–Crippen LogP) is 1.51. The van der Waals surface area contributed by atoms with Crippen LogP contribution in [0.5, 0.6) is 11.5 Å². The maximum absolute atomic E-state index is 11.5. The zero-order valence-electron chi connectivity index (χ0n) is 12.2. The van der Waals surface area contributed by atoms with Crippen molar-refractivity contribution in [1.82, 2.24) is 0 Å². The van der Waals surface area contributed by atoms with Crippen molar-refractivity contribution in [2.45, 2.75) is 12.8 Å². The van der Waals surface area contributed by atoms with Gasteiger partial charge in [0.15, 0.2) is 11.5 Å². The molecule has 1 heterocycles. The molecule has 0 bridgehead atoms.